The summed E-state index contributed by atoms with van der Waals surface area (Å²) in [6.07, 6.45) is 15.1. The molecule has 0 N–H and O–H groups in total. The van der Waals surface area contributed by atoms with Crippen LogP contribution in [-0.4, -0.2) is 19.5 Å². The second-order valence-corrected chi connectivity index (χ2v) is 10.3. The molecule has 0 saturated heterocycles. The van der Waals surface area contributed by atoms with Gasteiger partial charge in [0, 0.05) is 19.6 Å². The molecule has 2 heteroatoms. The molecular weight excluding hydrogens is 320 g/mol. The van der Waals surface area contributed by atoms with Gasteiger partial charge < -0.3 is 4.74 Å². The van der Waals surface area contributed by atoms with E-state index >= 15 is 0 Å². The van der Waals surface area contributed by atoms with Gasteiger partial charge in [-0.15, -0.1) is 0 Å². The van der Waals surface area contributed by atoms with E-state index < -0.39 is 0 Å². The molecule has 0 aromatic heterocycles. The average molecular weight is 361 g/mol. The van der Waals surface area contributed by atoms with E-state index in [0.717, 1.165) is 42.1 Å². The molecule has 0 radical (unpaired) electrons. The monoisotopic (exact) mass is 360 g/mol. The first kappa shape index (κ1) is 19.0. The fraction of sp³-hybridized carbons (Fsp3) is 0.958. The fourth-order valence-corrected chi connectivity index (χ4v) is 8.57. The normalized spacial score (nSPS) is 48.2. The van der Waals surface area contributed by atoms with Crippen LogP contribution in [0.1, 0.15) is 84.5 Å². The standard InChI is InChI=1S/C24H40O2/c1-4-24-14-13-20-19-9-6-17(15-26-3)5-7-18(19)8-10-21(20)23(24)12-11-22(24)16(2)25/h17-23H,4-15H2,1-3H3/t17-,18?,19+,20?,21-,22-,23?,24-/m1/s1. The highest BCUT2D eigenvalue weighted by Gasteiger charge is 2.58. The van der Waals surface area contributed by atoms with Crippen LogP contribution in [0.3, 0.4) is 0 Å². The SMILES string of the molecule is CC[C@]12CCC3[C@@H](CCC4CC[C@@H](COC)CC[C@@H]43)C1CC[C@@H]2C(C)=O. The molecule has 4 fully saturated rings. The molecule has 2 nitrogen and oxygen atoms in total. The number of hydrogen-bond acceptors (Lipinski definition) is 2. The van der Waals surface area contributed by atoms with Gasteiger partial charge in [-0.1, -0.05) is 6.92 Å². The first-order chi connectivity index (χ1) is 12.6. The largest absolute Gasteiger partial charge is 0.384 e. The van der Waals surface area contributed by atoms with Crippen LogP contribution in [0, 0.1) is 46.8 Å². The molecule has 26 heavy (non-hydrogen) atoms. The van der Waals surface area contributed by atoms with E-state index in [4.69, 9.17) is 4.74 Å². The van der Waals surface area contributed by atoms with Crippen molar-refractivity contribution in [1.82, 2.24) is 0 Å². The molecule has 0 aliphatic heterocycles. The lowest BCUT2D eigenvalue weighted by Gasteiger charge is -2.55. The number of carbonyl (C=O) groups excluding carboxylic acids is 1. The summed E-state index contributed by atoms with van der Waals surface area (Å²) in [6.45, 7) is 5.21. The van der Waals surface area contributed by atoms with Crippen LogP contribution >= 0.6 is 0 Å². The number of rotatable bonds is 4. The van der Waals surface area contributed by atoms with Crippen molar-refractivity contribution in [2.75, 3.05) is 13.7 Å². The van der Waals surface area contributed by atoms with Crippen molar-refractivity contribution < 1.29 is 9.53 Å². The van der Waals surface area contributed by atoms with E-state index in [9.17, 15) is 4.79 Å². The summed E-state index contributed by atoms with van der Waals surface area (Å²) >= 11 is 0. The van der Waals surface area contributed by atoms with Gasteiger partial charge in [0.05, 0.1) is 0 Å². The van der Waals surface area contributed by atoms with E-state index in [1.54, 1.807) is 0 Å². The molecule has 4 aliphatic rings. The van der Waals surface area contributed by atoms with Crippen molar-refractivity contribution >= 4 is 5.78 Å². The molecule has 3 unspecified atom stereocenters. The van der Waals surface area contributed by atoms with Crippen molar-refractivity contribution in [2.24, 2.45) is 46.8 Å². The Kier molecular flexibility index (Phi) is 5.52. The van der Waals surface area contributed by atoms with Crippen molar-refractivity contribution in [3.05, 3.63) is 0 Å². The topological polar surface area (TPSA) is 26.3 Å². The Morgan fingerprint density at radius 2 is 1.65 bits per heavy atom. The van der Waals surface area contributed by atoms with Gasteiger partial charge in [-0.05, 0) is 118 Å². The molecule has 8 atom stereocenters. The zero-order valence-electron chi connectivity index (χ0n) is 17.3. The van der Waals surface area contributed by atoms with E-state index in [1.165, 1.54) is 70.6 Å². The number of hydrogen-bond donors (Lipinski definition) is 0. The summed E-state index contributed by atoms with van der Waals surface area (Å²) in [4.78, 5) is 12.4. The van der Waals surface area contributed by atoms with Crippen LogP contribution in [0.5, 0.6) is 0 Å². The van der Waals surface area contributed by atoms with Crippen LogP contribution in [0.4, 0.5) is 0 Å². The highest BCUT2D eigenvalue weighted by Crippen LogP contribution is 2.65. The highest BCUT2D eigenvalue weighted by molar-refractivity contribution is 5.79. The Hall–Kier alpha value is -0.370. The molecule has 0 spiro atoms. The van der Waals surface area contributed by atoms with Crippen molar-refractivity contribution in [3.8, 4) is 0 Å². The molecular formula is C24H40O2. The Bertz CT molecular complexity index is 514. The minimum Gasteiger partial charge on any atom is -0.384 e. The summed E-state index contributed by atoms with van der Waals surface area (Å²) in [7, 11) is 1.87. The van der Waals surface area contributed by atoms with E-state index in [1.807, 2.05) is 14.0 Å². The van der Waals surface area contributed by atoms with E-state index in [0.29, 0.717) is 17.1 Å². The summed E-state index contributed by atoms with van der Waals surface area (Å²) in [5.74, 6) is 6.35. The van der Waals surface area contributed by atoms with Gasteiger partial charge in [-0.25, -0.2) is 0 Å². The molecule has 0 amide bonds. The zero-order valence-corrected chi connectivity index (χ0v) is 17.3. The Morgan fingerprint density at radius 3 is 2.38 bits per heavy atom. The zero-order chi connectivity index (χ0) is 18.3. The Morgan fingerprint density at radius 1 is 0.923 bits per heavy atom. The maximum absolute atomic E-state index is 12.4. The molecule has 4 saturated carbocycles. The molecule has 0 bridgehead atoms. The number of methoxy groups -OCH3 is 1. The van der Waals surface area contributed by atoms with Gasteiger partial charge in [-0.2, -0.15) is 0 Å². The molecule has 148 valence electrons. The van der Waals surface area contributed by atoms with Crippen LogP contribution < -0.4 is 0 Å². The fourth-order valence-electron chi connectivity index (χ4n) is 8.57. The minimum atomic E-state index is 0.364. The van der Waals surface area contributed by atoms with Gasteiger partial charge >= 0.3 is 0 Å². The maximum Gasteiger partial charge on any atom is 0.133 e. The van der Waals surface area contributed by atoms with Crippen molar-refractivity contribution in [3.63, 3.8) is 0 Å². The van der Waals surface area contributed by atoms with E-state index in [2.05, 4.69) is 6.92 Å². The minimum absolute atomic E-state index is 0.364. The Labute approximate surface area is 160 Å². The van der Waals surface area contributed by atoms with Gasteiger partial charge in [0.1, 0.15) is 5.78 Å². The lowest BCUT2D eigenvalue weighted by atomic mass is 9.49. The quantitative estimate of drug-likeness (QED) is 0.625. The third-order valence-electron chi connectivity index (χ3n) is 9.64. The summed E-state index contributed by atoms with van der Waals surface area (Å²) in [5.41, 5.74) is 0.364. The average Bonchev–Trinajstić information content (AvgIpc) is 2.92. The van der Waals surface area contributed by atoms with Gasteiger partial charge in [0.25, 0.3) is 0 Å². The molecule has 4 aliphatic carbocycles. The number of ether oxygens (including phenoxy) is 1. The maximum atomic E-state index is 12.4. The second kappa shape index (κ2) is 7.57. The number of carbonyl (C=O) groups is 1. The first-order valence-corrected chi connectivity index (χ1v) is 11.6. The van der Waals surface area contributed by atoms with Crippen molar-refractivity contribution in [1.29, 1.82) is 0 Å². The molecule has 0 heterocycles. The Balaban J connectivity index is 1.53. The van der Waals surface area contributed by atoms with Crippen LogP contribution in [-0.2, 0) is 9.53 Å². The predicted molar refractivity (Wildman–Crippen MR) is 106 cm³/mol. The number of ketones is 1. The summed E-state index contributed by atoms with van der Waals surface area (Å²) < 4.78 is 5.48. The number of fused-ring (bicyclic) bond motifs is 5. The number of Topliss-reactive ketones (excluding diaryl/α,β-unsaturated/α-hetero) is 1. The van der Waals surface area contributed by atoms with Crippen LogP contribution in [0.25, 0.3) is 0 Å². The molecule has 0 aromatic rings. The predicted octanol–water partition coefficient (Wildman–Crippen LogP) is 5.89. The third kappa shape index (κ3) is 2.99. The van der Waals surface area contributed by atoms with Crippen LogP contribution in [0.2, 0.25) is 0 Å². The molecule has 0 aromatic carbocycles. The lowest BCUT2D eigenvalue weighted by molar-refractivity contribution is -0.129. The van der Waals surface area contributed by atoms with Gasteiger partial charge in [-0.3, -0.25) is 4.79 Å². The highest BCUT2D eigenvalue weighted by atomic mass is 16.5. The van der Waals surface area contributed by atoms with Crippen LogP contribution in [0.15, 0.2) is 0 Å². The van der Waals surface area contributed by atoms with Gasteiger partial charge in [0.15, 0.2) is 0 Å². The molecule has 4 rings (SSSR count). The van der Waals surface area contributed by atoms with E-state index in [-0.39, 0.29) is 0 Å². The second-order valence-electron chi connectivity index (χ2n) is 10.3. The first-order valence-electron chi connectivity index (χ1n) is 11.6. The summed E-state index contributed by atoms with van der Waals surface area (Å²) in [6, 6.07) is 0. The third-order valence-corrected chi connectivity index (χ3v) is 9.64. The summed E-state index contributed by atoms with van der Waals surface area (Å²) in [5, 5.41) is 0. The lowest BCUT2D eigenvalue weighted by Crippen LogP contribution is -2.49. The smallest absolute Gasteiger partial charge is 0.133 e. The van der Waals surface area contributed by atoms with Gasteiger partial charge in [0.2, 0.25) is 0 Å². The van der Waals surface area contributed by atoms with Crippen molar-refractivity contribution in [2.45, 2.75) is 84.5 Å².